The number of halogens is 1. The van der Waals surface area contributed by atoms with Gasteiger partial charge in [-0.2, -0.15) is 0 Å². The highest BCUT2D eigenvalue weighted by Gasteiger charge is 2.51. The van der Waals surface area contributed by atoms with E-state index in [1.54, 1.807) is 18.2 Å². The Morgan fingerprint density at radius 1 is 1.29 bits per heavy atom. The number of nitrogens with one attached hydrogen (secondary N) is 1. The molecule has 2 aliphatic carbocycles. The van der Waals surface area contributed by atoms with Crippen LogP contribution in [0.5, 0.6) is 0 Å². The van der Waals surface area contributed by atoms with E-state index in [0.29, 0.717) is 16.5 Å². The largest absolute Gasteiger partial charge is 0.481 e. The Labute approximate surface area is 128 Å². The van der Waals surface area contributed by atoms with Crippen molar-refractivity contribution in [2.75, 3.05) is 0 Å². The van der Waals surface area contributed by atoms with Crippen molar-refractivity contribution >= 4 is 23.5 Å². The SMILES string of the molecule is Cc1cc(C(=O)NC2C3CCC(C3)C2C(=O)O)ccc1Cl. The van der Waals surface area contributed by atoms with Crippen molar-refractivity contribution in [3.63, 3.8) is 0 Å². The molecule has 1 aromatic rings. The van der Waals surface area contributed by atoms with Gasteiger partial charge < -0.3 is 10.4 Å². The van der Waals surface area contributed by atoms with Crippen LogP contribution < -0.4 is 5.32 Å². The minimum atomic E-state index is -0.792. The summed E-state index contributed by atoms with van der Waals surface area (Å²) in [5.41, 5.74) is 1.37. The van der Waals surface area contributed by atoms with E-state index in [0.717, 1.165) is 24.8 Å². The van der Waals surface area contributed by atoms with Crippen LogP contribution in [-0.2, 0) is 4.79 Å². The monoisotopic (exact) mass is 307 g/mol. The molecule has 0 aromatic heterocycles. The van der Waals surface area contributed by atoms with Gasteiger partial charge in [0, 0.05) is 16.6 Å². The molecule has 1 amide bonds. The van der Waals surface area contributed by atoms with Gasteiger partial charge in [0.1, 0.15) is 0 Å². The van der Waals surface area contributed by atoms with Gasteiger partial charge in [-0.05, 0) is 61.8 Å². The number of carboxylic acid groups (broad SMARTS) is 1. The second kappa shape index (κ2) is 5.34. The number of carbonyl (C=O) groups excluding carboxylic acids is 1. The van der Waals surface area contributed by atoms with Crippen molar-refractivity contribution in [3.05, 3.63) is 34.3 Å². The van der Waals surface area contributed by atoms with Gasteiger partial charge in [-0.15, -0.1) is 0 Å². The number of aliphatic carboxylic acids is 1. The Kier molecular flexibility index (Phi) is 3.66. The summed E-state index contributed by atoms with van der Waals surface area (Å²) in [7, 11) is 0. The maximum absolute atomic E-state index is 12.4. The lowest BCUT2D eigenvalue weighted by Gasteiger charge is -2.28. The van der Waals surface area contributed by atoms with Crippen molar-refractivity contribution in [2.45, 2.75) is 32.2 Å². The van der Waals surface area contributed by atoms with Gasteiger partial charge in [0.25, 0.3) is 5.91 Å². The molecule has 0 radical (unpaired) electrons. The fraction of sp³-hybridized carbons (Fsp3) is 0.500. The van der Waals surface area contributed by atoms with E-state index in [1.165, 1.54) is 0 Å². The highest BCUT2D eigenvalue weighted by Crippen LogP contribution is 2.48. The van der Waals surface area contributed by atoms with Gasteiger partial charge in [0.15, 0.2) is 0 Å². The van der Waals surface area contributed by atoms with E-state index >= 15 is 0 Å². The van der Waals surface area contributed by atoms with E-state index in [1.807, 2.05) is 6.92 Å². The average Bonchev–Trinajstić information content (AvgIpc) is 3.02. The second-order valence-electron chi connectivity index (χ2n) is 6.16. The molecule has 0 spiro atoms. The second-order valence-corrected chi connectivity index (χ2v) is 6.57. The Bertz CT molecular complexity index is 601. The third kappa shape index (κ3) is 2.53. The van der Waals surface area contributed by atoms with E-state index in [-0.39, 0.29) is 17.9 Å². The first-order valence-electron chi connectivity index (χ1n) is 7.27. The van der Waals surface area contributed by atoms with Crippen LogP contribution in [0.25, 0.3) is 0 Å². The van der Waals surface area contributed by atoms with E-state index in [4.69, 9.17) is 11.6 Å². The zero-order chi connectivity index (χ0) is 15.1. The number of fused-ring (bicyclic) bond motifs is 2. The fourth-order valence-corrected chi connectivity index (χ4v) is 3.99. The zero-order valence-corrected chi connectivity index (χ0v) is 12.6. The van der Waals surface area contributed by atoms with Crippen LogP contribution in [0.4, 0.5) is 0 Å². The minimum absolute atomic E-state index is 0.210. The lowest BCUT2D eigenvalue weighted by atomic mass is 9.84. The molecule has 4 nitrogen and oxygen atoms in total. The van der Waals surface area contributed by atoms with Gasteiger partial charge in [0.05, 0.1) is 5.92 Å². The van der Waals surface area contributed by atoms with E-state index in [2.05, 4.69) is 5.32 Å². The zero-order valence-electron chi connectivity index (χ0n) is 11.8. The number of amides is 1. The number of carboxylic acids is 1. The average molecular weight is 308 g/mol. The van der Waals surface area contributed by atoms with Crippen LogP contribution >= 0.6 is 11.6 Å². The number of rotatable bonds is 3. The lowest BCUT2D eigenvalue weighted by molar-refractivity contribution is -0.144. The fourth-order valence-electron chi connectivity index (χ4n) is 3.88. The maximum atomic E-state index is 12.4. The van der Waals surface area contributed by atoms with Crippen molar-refractivity contribution in [3.8, 4) is 0 Å². The first-order chi connectivity index (χ1) is 9.97. The Hall–Kier alpha value is -1.55. The number of hydrogen-bond acceptors (Lipinski definition) is 2. The van der Waals surface area contributed by atoms with Gasteiger partial charge in [-0.3, -0.25) is 9.59 Å². The van der Waals surface area contributed by atoms with E-state index in [9.17, 15) is 14.7 Å². The van der Waals surface area contributed by atoms with Crippen LogP contribution in [0, 0.1) is 24.7 Å². The maximum Gasteiger partial charge on any atom is 0.308 e. The van der Waals surface area contributed by atoms with Crippen molar-refractivity contribution in [2.24, 2.45) is 17.8 Å². The first kappa shape index (κ1) is 14.4. The summed E-state index contributed by atoms with van der Waals surface area (Å²) < 4.78 is 0. The number of aryl methyl sites for hydroxylation is 1. The molecule has 0 saturated heterocycles. The molecule has 0 aliphatic heterocycles. The third-order valence-corrected chi connectivity index (χ3v) is 5.34. The summed E-state index contributed by atoms with van der Waals surface area (Å²) >= 11 is 5.96. The summed E-state index contributed by atoms with van der Waals surface area (Å²) in [6.07, 6.45) is 2.90. The van der Waals surface area contributed by atoms with Crippen molar-refractivity contribution < 1.29 is 14.7 Å². The summed E-state index contributed by atoms with van der Waals surface area (Å²) in [5, 5.41) is 13.0. The van der Waals surface area contributed by atoms with E-state index < -0.39 is 11.9 Å². The van der Waals surface area contributed by atoms with Crippen molar-refractivity contribution in [1.29, 1.82) is 0 Å². The molecular weight excluding hydrogens is 290 g/mol. The van der Waals surface area contributed by atoms with Crippen LogP contribution in [0.15, 0.2) is 18.2 Å². The highest BCUT2D eigenvalue weighted by atomic mass is 35.5. The Morgan fingerprint density at radius 2 is 2.00 bits per heavy atom. The molecule has 2 fully saturated rings. The predicted molar refractivity (Wildman–Crippen MR) is 79.4 cm³/mol. The summed E-state index contributed by atoms with van der Waals surface area (Å²) in [6, 6.07) is 4.86. The number of carbonyl (C=O) groups is 2. The topological polar surface area (TPSA) is 66.4 Å². The molecule has 2 aliphatic rings. The standard InChI is InChI=1S/C16H18ClNO3/c1-8-6-11(4-5-12(8)17)15(19)18-14-10-3-2-9(7-10)13(14)16(20)21/h4-6,9-10,13-14H,2-3,7H2,1H3,(H,18,19)(H,20,21). The quantitative estimate of drug-likeness (QED) is 0.902. The molecule has 4 atom stereocenters. The summed E-state index contributed by atoms with van der Waals surface area (Å²) in [4.78, 5) is 23.8. The number of hydrogen-bond donors (Lipinski definition) is 2. The van der Waals surface area contributed by atoms with Gasteiger partial charge in [-0.1, -0.05) is 11.6 Å². The summed E-state index contributed by atoms with van der Waals surface area (Å²) in [6.45, 7) is 1.84. The Morgan fingerprint density at radius 3 is 2.67 bits per heavy atom. The molecule has 5 heteroatoms. The summed E-state index contributed by atoms with van der Waals surface area (Å²) in [5.74, 6) is -0.933. The third-order valence-electron chi connectivity index (χ3n) is 4.92. The molecular formula is C16H18ClNO3. The molecule has 3 rings (SSSR count). The molecule has 0 heterocycles. The molecule has 2 saturated carbocycles. The predicted octanol–water partition coefficient (Wildman–Crippen LogP) is 2.88. The molecule has 4 unspecified atom stereocenters. The molecule has 21 heavy (non-hydrogen) atoms. The van der Waals surface area contributed by atoms with Crippen LogP contribution in [-0.4, -0.2) is 23.0 Å². The van der Waals surface area contributed by atoms with Crippen LogP contribution in [0.3, 0.4) is 0 Å². The molecule has 2 bridgehead atoms. The first-order valence-corrected chi connectivity index (χ1v) is 7.65. The van der Waals surface area contributed by atoms with Gasteiger partial charge >= 0.3 is 5.97 Å². The van der Waals surface area contributed by atoms with Crippen LogP contribution in [0.2, 0.25) is 5.02 Å². The smallest absolute Gasteiger partial charge is 0.308 e. The van der Waals surface area contributed by atoms with Crippen LogP contribution in [0.1, 0.15) is 35.2 Å². The highest BCUT2D eigenvalue weighted by molar-refractivity contribution is 6.31. The normalized spacial score (nSPS) is 30.4. The number of benzene rings is 1. The Balaban J connectivity index is 1.77. The lowest BCUT2D eigenvalue weighted by Crippen LogP contribution is -2.46. The molecule has 2 N–H and O–H groups in total. The van der Waals surface area contributed by atoms with Gasteiger partial charge in [0.2, 0.25) is 0 Å². The molecule has 112 valence electrons. The minimum Gasteiger partial charge on any atom is -0.481 e. The van der Waals surface area contributed by atoms with Gasteiger partial charge in [-0.25, -0.2) is 0 Å². The molecule has 1 aromatic carbocycles. The van der Waals surface area contributed by atoms with Crippen molar-refractivity contribution in [1.82, 2.24) is 5.32 Å².